The van der Waals surface area contributed by atoms with Crippen molar-refractivity contribution in [3.8, 4) is 5.75 Å². The lowest BCUT2D eigenvalue weighted by atomic mass is 10.1. The second-order valence-corrected chi connectivity index (χ2v) is 7.81. The van der Waals surface area contributed by atoms with Gasteiger partial charge in [-0.25, -0.2) is 13.1 Å². The number of halogens is 3. The largest absolute Gasteiger partial charge is 0.573 e. The van der Waals surface area contributed by atoms with Crippen molar-refractivity contribution in [2.45, 2.75) is 23.8 Å². The predicted octanol–water partition coefficient (Wildman–Crippen LogP) is 2.83. The Labute approximate surface area is 140 Å². The molecule has 0 spiro atoms. The molecule has 0 bridgehead atoms. The fraction of sp³-hybridized carbons (Fsp3) is 0.286. The molecule has 1 aromatic heterocycles. The predicted molar refractivity (Wildman–Crippen MR) is 82.2 cm³/mol. The van der Waals surface area contributed by atoms with Gasteiger partial charge in [0, 0.05) is 11.4 Å². The van der Waals surface area contributed by atoms with Gasteiger partial charge in [-0.2, -0.15) is 0 Å². The highest BCUT2D eigenvalue weighted by Gasteiger charge is 2.31. The average Bonchev–Trinajstić information content (AvgIpc) is 2.99. The molecule has 2 aromatic rings. The summed E-state index contributed by atoms with van der Waals surface area (Å²) in [5.41, 5.74) is -1.40. The zero-order valence-electron chi connectivity index (χ0n) is 12.4. The van der Waals surface area contributed by atoms with Crippen LogP contribution in [0.3, 0.4) is 0 Å². The van der Waals surface area contributed by atoms with E-state index in [4.69, 9.17) is 0 Å². The maximum Gasteiger partial charge on any atom is 0.573 e. The van der Waals surface area contributed by atoms with E-state index in [2.05, 4.69) is 9.46 Å². The number of alkyl halides is 3. The first-order valence-corrected chi connectivity index (χ1v) is 8.98. The van der Waals surface area contributed by atoms with Crippen LogP contribution in [0.1, 0.15) is 11.8 Å². The Balaban J connectivity index is 2.08. The van der Waals surface area contributed by atoms with Crippen LogP contribution in [0.5, 0.6) is 5.75 Å². The lowest BCUT2D eigenvalue weighted by Crippen LogP contribution is -2.38. The molecule has 1 atom stereocenters. The van der Waals surface area contributed by atoms with Crippen LogP contribution >= 0.6 is 11.3 Å². The van der Waals surface area contributed by atoms with Crippen molar-refractivity contribution in [2.24, 2.45) is 0 Å². The molecule has 0 aliphatic rings. The summed E-state index contributed by atoms with van der Waals surface area (Å²) in [7, 11) is -3.99. The lowest BCUT2D eigenvalue weighted by molar-refractivity contribution is -0.274. The molecular formula is C14H14F3NO4S2. The van der Waals surface area contributed by atoms with Crippen molar-refractivity contribution in [1.82, 2.24) is 4.72 Å². The van der Waals surface area contributed by atoms with Gasteiger partial charge < -0.3 is 9.84 Å². The minimum absolute atomic E-state index is 0.237. The highest BCUT2D eigenvalue weighted by molar-refractivity contribution is 7.89. The van der Waals surface area contributed by atoms with Gasteiger partial charge in [-0.3, -0.25) is 0 Å². The monoisotopic (exact) mass is 381 g/mol. The van der Waals surface area contributed by atoms with Crippen LogP contribution in [0, 0.1) is 0 Å². The van der Waals surface area contributed by atoms with E-state index >= 15 is 0 Å². The molecule has 0 saturated heterocycles. The molecule has 1 aromatic carbocycles. The van der Waals surface area contributed by atoms with Crippen molar-refractivity contribution in [3.63, 3.8) is 0 Å². The summed E-state index contributed by atoms with van der Waals surface area (Å²) >= 11 is 1.28. The summed E-state index contributed by atoms with van der Waals surface area (Å²) in [6.45, 7) is 1.18. The number of hydrogen-bond donors (Lipinski definition) is 2. The third-order valence-electron chi connectivity index (χ3n) is 3.03. The number of thiophene rings is 1. The molecule has 5 nitrogen and oxygen atoms in total. The van der Waals surface area contributed by atoms with Crippen LogP contribution in [0.25, 0.3) is 0 Å². The van der Waals surface area contributed by atoms with E-state index in [0.29, 0.717) is 4.88 Å². The smallest absolute Gasteiger partial charge is 0.406 e. The molecule has 0 fully saturated rings. The molecule has 0 radical (unpaired) electrons. The Morgan fingerprint density at radius 3 is 2.33 bits per heavy atom. The Morgan fingerprint density at radius 2 is 1.83 bits per heavy atom. The minimum atomic E-state index is -4.85. The first kappa shape index (κ1) is 18.7. The van der Waals surface area contributed by atoms with Crippen LogP contribution in [0.15, 0.2) is 46.7 Å². The standard InChI is InChI=1S/C14H14F3NO4S2/c1-13(19,12-3-2-8-23-12)9-18-24(20,21)11-6-4-10(5-7-11)22-14(15,16)17/h2-8,18-19H,9H2,1H3/t13-/m0/s1. The maximum absolute atomic E-state index is 12.2. The number of ether oxygens (including phenoxy) is 1. The van der Waals surface area contributed by atoms with Gasteiger partial charge in [-0.1, -0.05) is 6.07 Å². The summed E-state index contributed by atoms with van der Waals surface area (Å²) in [5.74, 6) is -0.521. The molecule has 0 unspecified atom stereocenters. The van der Waals surface area contributed by atoms with E-state index in [-0.39, 0.29) is 11.4 Å². The Morgan fingerprint density at radius 1 is 1.21 bits per heavy atom. The maximum atomic E-state index is 12.2. The van der Waals surface area contributed by atoms with Crippen LogP contribution in [0.4, 0.5) is 13.2 Å². The van der Waals surface area contributed by atoms with Gasteiger partial charge in [-0.05, 0) is 42.6 Å². The van der Waals surface area contributed by atoms with Gasteiger partial charge in [0.15, 0.2) is 0 Å². The topological polar surface area (TPSA) is 75.6 Å². The number of aliphatic hydroxyl groups is 1. The van der Waals surface area contributed by atoms with Crippen LogP contribution in [-0.4, -0.2) is 26.4 Å². The zero-order chi connectivity index (χ0) is 18.0. The molecule has 132 valence electrons. The minimum Gasteiger partial charge on any atom is -0.406 e. The molecule has 2 rings (SSSR count). The first-order valence-electron chi connectivity index (χ1n) is 6.61. The van der Waals surface area contributed by atoms with E-state index < -0.39 is 27.7 Å². The number of hydrogen-bond acceptors (Lipinski definition) is 5. The summed E-state index contributed by atoms with van der Waals surface area (Å²) in [6, 6.07) is 7.18. The van der Waals surface area contributed by atoms with Crippen molar-refractivity contribution >= 4 is 21.4 Å². The summed E-state index contributed by atoms with van der Waals surface area (Å²) in [5, 5.41) is 12.0. The normalized spacial score (nSPS) is 15.0. The molecule has 10 heteroatoms. The fourth-order valence-electron chi connectivity index (χ4n) is 1.81. The van der Waals surface area contributed by atoms with E-state index in [1.54, 1.807) is 17.5 Å². The van der Waals surface area contributed by atoms with E-state index in [9.17, 15) is 26.7 Å². The Bertz CT molecular complexity index is 769. The van der Waals surface area contributed by atoms with Gasteiger partial charge in [0.25, 0.3) is 0 Å². The zero-order valence-corrected chi connectivity index (χ0v) is 14.0. The highest BCUT2D eigenvalue weighted by atomic mass is 32.2. The average molecular weight is 381 g/mol. The molecule has 2 N–H and O–H groups in total. The highest BCUT2D eigenvalue weighted by Crippen LogP contribution is 2.26. The van der Waals surface area contributed by atoms with Crippen LogP contribution < -0.4 is 9.46 Å². The SMILES string of the molecule is C[C@](O)(CNS(=O)(=O)c1ccc(OC(F)(F)F)cc1)c1cccs1. The van der Waals surface area contributed by atoms with E-state index in [1.807, 2.05) is 0 Å². The molecule has 24 heavy (non-hydrogen) atoms. The van der Waals surface area contributed by atoms with Crippen molar-refractivity contribution in [2.75, 3.05) is 6.54 Å². The Kier molecular flexibility index (Phi) is 5.23. The first-order chi connectivity index (χ1) is 11.0. The van der Waals surface area contributed by atoms with Gasteiger partial charge in [0.2, 0.25) is 10.0 Å². The fourth-order valence-corrected chi connectivity index (χ4v) is 3.73. The lowest BCUT2D eigenvalue weighted by Gasteiger charge is -2.22. The number of nitrogens with one attached hydrogen (secondary N) is 1. The van der Waals surface area contributed by atoms with E-state index in [1.165, 1.54) is 18.3 Å². The van der Waals surface area contributed by atoms with Crippen molar-refractivity contribution in [1.29, 1.82) is 0 Å². The van der Waals surface area contributed by atoms with Gasteiger partial charge in [0.1, 0.15) is 11.4 Å². The third-order valence-corrected chi connectivity index (χ3v) is 5.57. The Hall–Kier alpha value is -1.62. The second-order valence-electron chi connectivity index (χ2n) is 5.09. The molecule has 1 heterocycles. The number of sulfonamides is 1. The summed E-state index contributed by atoms with van der Waals surface area (Å²) in [6.07, 6.45) is -4.85. The summed E-state index contributed by atoms with van der Waals surface area (Å²) < 4.78 is 66.5. The number of rotatable bonds is 6. The second kappa shape index (κ2) is 6.71. The van der Waals surface area contributed by atoms with Crippen molar-refractivity contribution in [3.05, 3.63) is 46.7 Å². The van der Waals surface area contributed by atoms with E-state index in [0.717, 1.165) is 24.3 Å². The molecule has 0 amide bonds. The molecule has 0 aliphatic heterocycles. The van der Waals surface area contributed by atoms with Gasteiger partial charge in [0.05, 0.1) is 4.90 Å². The molecular weight excluding hydrogens is 367 g/mol. The van der Waals surface area contributed by atoms with Crippen LogP contribution in [0.2, 0.25) is 0 Å². The van der Waals surface area contributed by atoms with Gasteiger partial charge >= 0.3 is 6.36 Å². The third kappa shape index (κ3) is 4.94. The van der Waals surface area contributed by atoms with Crippen molar-refractivity contribution < 1.29 is 31.4 Å². The van der Waals surface area contributed by atoms with Crippen LogP contribution in [-0.2, 0) is 15.6 Å². The molecule has 0 aliphatic carbocycles. The quantitative estimate of drug-likeness (QED) is 0.807. The summed E-state index contributed by atoms with van der Waals surface area (Å²) in [4.78, 5) is 0.345. The molecule has 0 saturated carbocycles. The number of benzene rings is 1. The van der Waals surface area contributed by atoms with Gasteiger partial charge in [-0.15, -0.1) is 24.5 Å².